The number of halogens is 1. The predicted molar refractivity (Wildman–Crippen MR) is 119 cm³/mol. The lowest BCUT2D eigenvalue weighted by Crippen LogP contribution is -2.41. The Morgan fingerprint density at radius 1 is 1.09 bits per heavy atom. The number of amides is 1. The van der Waals surface area contributed by atoms with Crippen LogP contribution in [0.25, 0.3) is 0 Å². The van der Waals surface area contributed by atoms with Gasteiger partial charge in [-0.15, -0.1) is 0 Å². The van der Waals surface area contributed by atoms with Crippen molar-refractivity contribution in [3.05, 3.63) is 59.1 Å². The third kappa shape index (κ3) is 5.99. The average Bonchev–Trinajstić information content (AvgIpc) is 2.82. The average molecular weight is 481 g/mol. The third-order valence-electron chi connectivity index (χ3n) is 5.26. The molecule has 0 radical (unpaired) electrons. The lowest BCUT2D eigenvalue weighted by molar-refractivity contribution is -0.153. The molecule has 1 amide bonds. The van der Waals surface area contributed by atoms with Gasteiger partial charge in [0.25, 0.3) is 5.91 Å². The standard InChI is InChI=1S/C22H25ClN2O6S/c1-30-18-6-8-19(9-7-18)32(28,29)25-12-10-16(11-13-25)22(27)31-15-21(26)24-14-17-4-2-3-5-20(17)23/h2-9,16H,10-15H2,1H3,(H,24,26). The number of ether oxygens (including phenoxy) is 2. The molecule has 1 fully saturated rings. The van der Waals surface area contributed by atoms with Crippen molar-refractivity contribution in [2.24, 2.45) is 5.92 Å². The van der Waals surface area contributed by atoms with Gasteiger partial charge in [0, 0.05) is 24.7 Å². The van der Waals surface area contributed by atoms with Crippen LogP contribution < -0.4 is 10.1 Å². The minimum Gasteiger partial charge on any atom is -0.497 e. The molecule has 1 aliphatic rings. The highest BCUT2D eigenvalue weighted by Crippen LogP contribution is 2.25. The van der Waals surface area contributed by atoms with Gasteiger partial charge >= 0.3 is 5.97 Å². The monoisotopic (exact) mass is 480 g/mol. The number of sulfonamides is 1. The summed E-state index contributed by atoms with van der Waals surface area (Å²) in [6.07, 6.45) is 0.658. The maximum absolute atomic E-state index is 12.8. The molecule has 0 unspecified atom stereocenters. The van der Waals surface area contributed by atoms with Crippen LogP contribution in [0.2, 0.25) is 5.02 Å². The molecule has 1 heterocycles. The second-order valence-corrected chi connectivity index (χ2v) is 9.67. The highest BCUT2D eigenvalue weighted by atomic mass is 35.5. The summed E-state index contributed by atoms with van der Waals surface area (Å²) >= 11 is 6.04. The molecule has 172 valence electrons. The van der Waals surface area contributed by atoms with E-state index >= 15 is 0 Å². The lowest BCUT2D eigenvalue weighted by Gasteiger charge is -2.30. The summed E-state index contributed by atoms with van der Waals surface area (Å²) in [5.74, 6) is -0.813. The first-order valence-electron chi connectivity index (χ1n) is 10.1. The van der Waals surface area contributed by atoms with Crippen LogP contribution in [0, 0.1) is 5.92 Å². The van der Waals surface area contributed by atoms with Crippen LogP contribution >= 0.6 is 11.6 Å². The van der Waals surface area contributed by atoms with Crippen molar-refractivity contribution in [2.75, 3.05) is 26.8 Å². The largest absolute Gasteiger partial charge is 0.497 e. The van der Waals surface area contributed by atoms with Crippen molar-refractivity contribution in [3.8, 4) is 5.75 Å². The van der Waals surface area contributed by atoms with Crippen molar-refractivity contribution < 1.29 is 27.5 Å². The smallest absolute Gasteiger partial charge is 0.309 e. The number of carbonyl (C=O) groups excluding carboxylic acids is 2. The van der Waals surface area contributed by atoms with E-state index in [1.165, 1.54) is 23.5 Å². The number of hydrogen-bond donors (Lipinski definition) is 1. The number of esters is 1. The summed E-state index contributed by atoms with van der Waals surface area (Å²) in [7, 11) is -2.14. The van der Waals surface area contributed by atoms with Gasteiger partial charge in [0.2, 0.25) is 10.0 Å². The van der Waals surface area contributed by atoms with E-state index in [9.17, 15) is 18.0 Å². The molecular weight excluding hydrogens is 456 g/mol. The number of methoxy groups -OCH3 is 1. The second-order valence-electron chi connectivity index (χ2n) is 7.33. The highest BCUT2D eigenvalue weighted by molar-refractivity contribution is 7.89. The fraction of sp³-hybridized carbons (Fsp3) is 0.364. The van der Waals surface area contributed by atoms with Gasteiger partial charge in [-0.25, -0.2) is 8.42 Å². The molecular formula is C22H25ClN2O6S. The number of nitrogens with one attached hydrogen (secondary N) is 1. The Labute approximate surface area is 192 Å². The number of hydrogen-bond acceptors (Lipinski definition) is 6. The number of rotatable bonds is 8. The Balaban J connectivity index is 1.44. The topological polar surface area (TPSA) is 102 Å². The molecule has 3 rings (SSSR count). The van der Waals surface area contributed by atoms with Gasteiger partial charge in [-0.1, -0.05) is 29.8 Å². The van der Waals surface area contributed by atoms with Crippen molar-refractivity contribution in [1.29, 1.82) is 0 Å². The highest BCUT2D eigenvalue weighted by Gasteiger charge is 2.33. The van der Waals surface area contributed by atoms with Gasteiger partial charge in [-0.2, -0.15) is 4.31 Å². The Hall–Kier alpha value is -2.62. The first-order chi connectivity index (χ1) is 15.3. The quantitative estimate of drug-likeness (QED) is 0.583. The first-order valence-corrected chi connectivity index (χ1v) is 11.9. The van der Waals surface area contributed by atoms with E-state index in [0.717, 1.165) is 5.56 Å². The molecule has 0 atom stereocenters. The van der Waals surface area contributed by atoms with Crippen molar-refractivity contribution in [1.82, 2.24) is 9.62 Å². The molecule has 2 aromatic rings. The number of nitrogens with zero attached hydrogens (tertiary/aromatic N) is 1. The van der Waals surface area contributed by atoms with E-state index in [2.05, 4.69) is 5.32 Å². The molecule has 1 saturated heterocycles. The third-order valence-corrected chi connectivity index (χ3v) is 7.55. The molecule has 0 saturated carbocycles. The van der Waals surface area contributed by atoms with Gasteiger partial charge in [0.05, 0.1) is 17.9 Å². The Kier molecular flexibility index (Phi) is 8.11. The Bertz CT molecular complexity index is 1050. The van der Waals surface area contributed by atoms with Crippen molar-refractivity contribution >= 4 is 33.5 Å². The van der Waals surface area contributed by atoms with Crippen LogP contribution in [0.15, 0.2) is 53.4 Å². The molecule has 10 heteroatoms. The molecule has 0 bridgehead atoms. The number of benzene rings is 2. The van der Waals surface area contributed by atoms with Crippen molar-refractivity contribution in [2.45, 2.75) is 24.3 Å². The summed E-state index contributed by atoms with van der Waals surface area (Å²) < 4.78 is 37.1. The van der Waals surface area contributed by atoms with E-state index < -0.39 is 34.4 Å². The fourth-order valence-corrected chi connectivity index (χ4v) is 5.04. The maximum atomic E-state index is 12.8. The predicted octanol–water partition coefficient (Wildman–Crippen LogP) is 2.61. The molecule has 2 aromatic carbocycles. The summed E-state index contributed by atoms with van der Waals surface area (Å²) in [4.78, 5) is 24.5. The van der Waals surface area contributed by atoms with Gasteiger partial charge in [-0.05, 0) is 48.7 Å². The number of carbonyl (C=O) groups is 2. The van der Waals surface area contributed by atoms with Gasteiger partial charge in [-0.3, -0.25) is 9.59 Å². The van der Waals surface area contributed by atoms with Crippen LogP contribution in [0.1, 0.15) is 18.4 Å². The van der Waals surface area contributed by atoms with Crippen LogP contribution in [-0.4, -0.2) is 51.4 Å². The molecule has 0 aliphatic carbocycles. The molecule has 0 aromatic heterocycles. The Morgan fingerprint density at radius 3 is 2.38 bits per heavy atom. The summed E-state index contributed by atoms with van der Waals surface area (Å²) in [6, 6.07) is 13.3. The Morgan fingerprint density at radius 2 is 1.75 bits per heavy atom. The molecule has 8 nitrogen and oxygen atoms in total. The van der Waals surface area contributed by atoms with E-state index in [-0.39, 0.29) is 24.5 Å². The first kappa shape index (κ1) is 24.0. The molecule has 32 heavy (non-hydrogen) atoms. The van der Waals surface area contributed by atoms with E-state index in [1.807, 2.05) is 6.07 Å². The van der Waals surface area contributed by atoms with E-state index in [4.69, 9.17) is 21.1 Å². The molecule has 1 aliphatic heterocycles. The summed E-state index contributed by atoms with van der Waals surface area (Å²) in [5.41, 5.74) is 0.763. The molecule has 0 spiro atoms. The normalized spacial score (nSPS) is 15.2. The zero-order valence-corrected chi connectivity index (χ0v) is 19.2. The minimum absolute atomic E-state index is 0.175. The minimum atomic E-state index is -3.65. The lowest BCUT2D eigenvalue weighted by atomic mass is 9.98. The number of piperidine rings is 1. The van der Waals surface area contributed by atoms with Gasteiger partial charge < -0.3 is 14.8 Å². The van der Waals surface area contributed by atoms with E-state index in [0.29, 0.717) is 23.6 Å². The zero-order valence-electron chi connectivity index (χ0n) is 17.6. The SMILES string of the molecule is COc1ccc(S(=O)(=O)N2CCC(C(=O)OCC(=O)NCc3ccccc3Cl)CC2)cc1. The van der Waals surface area contributed by atoms with Gasteiger partial charge in [0.15, 0.2) is 6.61 Å². The molecule has 1 N–H and O–H groups in total. The van der Waals surface area contributed by atoms with Crippen molar-refractivity contribution in [3.63, 3.8) is 0 Å². The van der Waals surface area contributed by atoms with Gasteiger partial charge in [0.1, 0.15) is 5.75 Å². The second kappa shape index (κ2) is 10.8. The van der Waals surface area contributed by atoms with Crippen LogP contribution in [-0.2, 0) is 30.9 Å². The maximum Gasteiger partial charge on any atom is 0.309 e. The zero-order chi connectivity index (χ0) is 23.1. The van der Waals surface area contributed by atoms with E-state index in [1.54, 1.807) is 30.3 Å². The summed E-state index contributed by atoms with van der Waals surface area (Å²) in [6.45, 7) is 0.241. The van der Waals surface area contributed by atoms with Crippen LogP contribution in [0.4, 0.5) is 0 Å². The van der Waals surface area contributed by atoms with Crippen LogP contribution in [0.3, 0.4) is 0 Å². The fourth-order valence-electron chi connectivity index (χ4n) is 3.37. The van der Waals surface area contributed by atoms with Crippen LogP contribution in [0.5, 0.6) is 5.75 Å². The summed E-state index contributed by atoms with van der Waals surface area (Å²) in [5, 5.41) is 3.20.